The molecule has 7 heteroatoms. The Hall–Kier alpha value is -2.93. The third kappa shape index (κ3) is 8.66. The van der Waals surface area contributed by atoms with Gasteiger partial charge in [0, 0.05) is 25.8 Å². The predicted octanol–water partition coefficient (Wildman–Crippen LogP) is 5.29. The lowest BCUT2D eigenvalue weighted by atomic mass is 9.96. The van der Waals surface area contributed by atoms with Gasteiger partial charge in [0.15, 0.2) is 5.82 Å². The van der Waals surface area contributed by atoms with Crippen LogP contribution in [0, 0.1) is 12.8 Å². The summed E-state index contributed by atoms with van der Waals surface area (Å²) in [7, 11) is 4.19. The highest BCUT2D eigenvalue weighted by Crippen LogP contribution is 2.30. The Kier molecular flexibility index (Phi) is 10.7. The normalized spacial score (nSPS) is 16.2. The quantitative estimate of drug-likeness (QED) is 0.364. The number of carbonyl (C=O) groups excluding carboxylic acids is 1. The highest BCUT2D eigenvalue weighted by Gasteiger charge is 2.25. The number of ether oxygens (including phenoxy) is 1. The number of nitrogens with zero attached hydrogens (tertiary/aromatic N) is 4. The molecule has 192 valence electrons. The van der Waals surface area contributed by atoms with Crippen molar-refractivity contribution in [1.29, 1.82) is 0 Å². The molecule has 1 aromatic carbocycles. The van der Waals surface area contributed by atoms with Crippen LogP contribution in [-0.4, -0.2) is 67.5 Å². The van der Waals surface area contributed by atoms with Crippen molar-refractivity contribution in [3.63, 3.8) is 0 Å². The number of amides is 1. The number of hydrogen-bond donors (Lipinski definition) is 1. The van der Waals surface area contributed by atoms with Crippen LogP contribution in [0.1, 0.15) is 53.0 Å². The minimum Gasteiger partial charge on any atom is -0.489 e. The first-order chi connectivity index (χ1) is 16.5. The molecule has 1 fully saturated rings. The van der Waals surface area contributed by atoms with Crippen molar-refractivity contribution < 1.29 is 9.53 Å². The van der Waals surface area contributed by atoms with Crippen LogP contribution >= 0.6 is 0 Å². The molecule has 0 bridgehead atoms. The Morgan fingerprint density at radius 1 is 1.29 bits per heavy atom. The molecule has 1 aliphatic rings. The number of nitrogens with one attached hydrogen (secondary N) is 1. The SMILES string of the molecule is C=C(C)/C(N=C(C)C(=O)N1CCC(CN(C)C)CC1)=C(\N=CC)Nc1ccc(C)cc1OC(C)C. The number of aliphatic imine (C=N–C) groups is 2. The number of benzene rings is 1. The highest BCUT2D eigenvalue weighted by molar-refractivity contribution is 6.38. The maximum Gasteiger partial charge on any atom is 0.267 e. The second-order valence-electron chi connectivity index (χ2n) is 9.85. The van der Waals surface area contributed by atoms with Gasteiger partial charge < -0.3 is 19.9 Å². The third-order valence-corrected chi connectivity index (χ3v) is 5.75. The average molecular weight is 482 g/mol. The molecule has 1 saturated heterocycles. The Bertz CT molecular complexity index is 983. The molecular weight excluding hydrogens is 438 g/mol. The van der Waals surface area contributed by atoms with E-state index >= 15 is 0 Å². The van der Waals surface area contributed by atoms with E-state index in [1.54, 1.807) is 13.1 Å². The van der Waals surface area contributed by atoms with Gasteiger partial charge in [0.25, 0.3) is 5.91 Å². The minimum absolute atomic E-state index is 0.0276. The molecule has 0 radical (unpaired) electrons. The summed E-state index contributed by atoms with van der Waals surface area (Å²) in [5.41, 5.74) is 3.58. The van der Waals surface area contributed by atoms with Crippen molar-refractivity contribution in [2.24, 2.45) is 15.9 Å². The average Bonchev–Trinajstić information content (AvgIpc) is 2.77. The molecule has 2 rings (SSSR count). The van der Waals surface area contributed by atoms with Crippen LogP contribution in [0.15, 0.2) is 51.9 Å². The molecule has 0 atom stereocenters. The molecule has 1 N–H and O–H groups in total. The van der Waals surface area contributed by atoms with Gasteiger partial charge in [-0.15, -0.1) is 0 Å². The fourth-order valence-electron chi connectivity index (χ4n) is 4.12. The molecule has 1 heterocycles. The van der Waals surface area contributed by atoms with E-state index in [1.165, 1.54) is 0 Å². The lowest BCUT2D eigenvalue weighted by Gasteiger charge is -2.33. The summed E-state index contributed by atoms with van der Waals surface area (Å²) in [5, 5.41) is 3.37. The number of allylic oxidation sites excluding steroid dienone is 1. The van der Waals surface area contributed by atoms with Crippen LogP contribution in [0.2, 0.25) is 0 Å². The van der Waals surface area contributed by atoms with E-state index in [2.05, 4.69) is 35.9 Å². The summed E-state index contributed by atoms with van der Waals surface area (Å²) >= 11 is 0. The third-order valence-electron chi connectivity index (χ3n) is 5.75. The highest BCUT2D eigenvalue weighted by atomic mass is 16.5. The summed E-state index contributed by atoms with van der Waals surface area (Å²) in [6.07, 6.45) is 3.75. The van der Waals surface area contributed by atoms with E-state index < -0.39 is 0 Å². The first kappa shape index (κ1) is 28.3. The molecule has 1 aliphatic heterocycles. The topological polar surface area (TPSA) is 69.5 Å². The molecular formula is C28H43N5O2. The molecule has 7 nitrogen and oxygen atoms in total. The number of likely N-dealkylation sites (tertiary alicyclic amines) is 1. The Morgan fingerprint density at radius 2 is 1.94 bits per heavy atom. The predicted molar refractivity (Wildman–Crippen MR) is 148 cm³/mol. The first-order valence-corrected chi connectivity index (χ1v) is 12.4. The van der Waals surface area contributed by atoms with E-state index in [1.807, 2.05) is 57.7 Å². The van der Waals surface area contributed by atoms with Crippen molar-refractivity contribution in [1.82, 2.24) is 9.80 Å². The Balaban J connectivity index is 2.33. The standard InChI is InChI=1S/C28H43N5O2/c1-10-29-27(31-24-12-11-21(6)17-25(24)35-20(4)5)26(19(2)3)30-22(7)28(34)33-15-13-23(14-16-33)18-32(8)9/h10-12,17,20,23,31H,2,13-16,18H2,1,3-9H3/b27-26-,29-10?,30-22?. The number of aryl methyl sites for hydroxylation is 1. The molecule has 0 aliphatic carbocycles. The lowest BCUT2D eigenvalue weighted by molar-refractivity contribution is -0.125. The zero-order valence-corrected chi connectivity index (χ0v) is 22.8. The minimum atomic E-state index is -0.0361. The van der Waals surface area contributed by atoms with Crippen LogP contribution < -0.4 is 10.1 Å². The van der Waals surface area contributed by atoms with Gasteiger partial charge in [-0.2, -0.15) is 0 Å². The smallest absolute Gasteiger partial charge is 0.267 e. The Morgan fingerprint density at radius 3 is 2.49 bits per heavy atom. The molecule has 0 aromatic heterocycles. The summed E-state index contributed by atoms with van der Waals surface area (Å²) in [6.45, 7) is 18.2. The van der Waals surface area contributed by atoms with Gasteiger partial charge in [-0.05, 0) is 97.7 Å². The molecule has 0 saturated carbocycles. The van der Waals surface area contributed by atoms with E-state index in [0.717, 1.165) is 49.5 Å². The van der Waals surface area contributed by atoms with Crippen molar-refractivity contribution >= 4 is 23.5 Å². The van der Waals surface area contributed by atoms with E-state index in [9.17, 15) is 4.79 Å². The lowest BCUT2D eigenvalue weighted by Crippen LogP contribution is -2.43. The van der Waals surface area contributed by atoms with Gasteiger partial charge in [-0.1, -0.05) is 12.6 Å². The molecule has 35 heavy (non-hydrogen) atoms. The largest absolute Gasteiger partial charge is 0.489 e. The number of piperidine rings is 1. The van der Waals surface area contributed by atoms with Crippen LogP contribution in [0.3, 0.4) is 0 Å². The fourth-order valence-corrected chi connectivity index (χ4v) is 4.12. The van der Waals surface area contributed by atoms with Gasteiger partial charge in [0.2, 0.25) is 0 Å². The number of hydrogen-bond acceptors (Lipinski definition) is 6. The second-order valence-corrected chi connectivity index (χ2v) is 9.85. The monoisotopic (exact) mass is 481 g/mol. The van der Waals surface area contributed by atoms with Gasteiger partial charge >= 0.3 is 0 Å². The molecule has 1 amide bonds. The number of anilines is 1. The maximum atomic E-state index is 13.2. The van der Waals surface area contributed by atoms with E-state index in [0.29, 0.717) is 28.7 Å². The zero-order valence-electron chi connectivity index (χ0n) is 22.8. The Labute approximate surface area is 211 Å². The van der Waals surface area contributed by atoms with Crippen molar-refractivity contribution in [3.8, 4) is 5.75 Å². The van der Waals surface area contributed by atoms with Crippen LogP contribution in [0.4, 0.5) is 5.69 Å². The molecule has 0 spiro atoms. The number of carbonyl (C=O) groups is 1. The van der Waals surface area contributed by atoms with E-state index in [-0.39, 0.29) is 12.0 Å². The summed E-state index contributed by atoms with van der Waals surface area (Å²) < 4.78 is 6.02. The summed E-state index contributed by atoms with van der Waals surface area (Å²) in [5.74, 6) is 1.85. The van der Waals surface area contributed by atoms with Crippen molar-refractivity contribution in [3.05, 3.63) is 47.4 Å². The van der Waals surface area contributed by atoms with Crippen LogP contribution in [-0.2, 0) is 4.79 Å². The zero-order chi connectivity index (χ0) is 26.1. The van der Waals surface area contributed by atoms with Crippen LogP contribution in [0.5, 0.6) is 5.75 Å². The molecule has 1 aromatic rings. The van der Waals surface area contributed by atoms with Gasteiger partial charge in [0.1, 0.15) is 17.2 Å². The van der Waals surface area contributed by atoms with Gasteiger partial charge in [0.05, 0.1) is 11.8 Å². The fraction of sp³-hybridized carbons (Fsp3) is 0.536. The first-order valence-electron chi connectivity index (χ1n) is 12.4. The van der Waals surface area contributed by atoms with Gasteiger partial charge in [-0.3, -0.25) is 4.79 Å². The summed E-state index contributed by atoms with van der Waals surface area (Å²) in [4.78, 5) is 26.6. The summed E-state index contributed by atoms with van der Waals surface area (Å²) in [6, 6.07) is 5.98. The van der Waals surface area contributed by atoms with Crippen molar-refractivity contribution in [2.45, 2.75) is 60.5 Å². The second kappa shape index (κ2) is 13.2. The molecule has 0 unspecified atom stereocenters. The van der Waals surface area contributed by atoms with Crippen molar-refractivity contribution in [2.75, 3.05) is 39.0 Å². The number of rotatable bonds is 10. The van der Waals surface area contributed by atoms with E-state index in [4.69, 9.17) is 9.73 Å². The van der Waals surface area contributed by atoms with Gasteiger partial charge in [-0.25, -0.2) is 9.98 Å². The van der Waals surface area contributed by atoms with Crippen LogP contribution in [0.25, 0.3) is 0 Å². The maximum absolute atomic E-state index is 13.2.